The molecule has 0 saturated heterocycles. The van der Waals surface area contributed by atoms with E-state index in [1.807, 2.05) is 19.9 Å². The van der Waals surface area contributed by atoms with E-state index in [2.05, 4.69) is 35.0 Å². The van der Waals surface area contributed by atoms with Gasteiger partial charge in [-0.2, -0.15) is 0 Å². The first-order chi connectivity index (χ1) is 5.72. The molecule has 0 aliphatic carbocycles. The highest BCUT2D eigenvalue weighted by atomic mass is 79.9. The van der Waals surface area contributed by atoms with E-state index in [9.17, 15) is 0 Å². The molecule has 68 valence electrons. The largest absolute Gasteiger partial charge is 0.122 e. The Morgan fingerprint density at radius 3 is 2.25 bits per heavy atom. The molecule has 0 nitrogen and oxygen atoms in total. The summed E-state index contributed by atoms with van der Waals surface area (Å²) in [5, 5.41) is 0. The summed E-state index contributed by atoms with van der Waals surface area (Å²) in [7, 11) is 0. The normalized spacial score (nSPS) is 8.75. The molecule has 0 unspecified atom stereocenters. The fourth-order valence-corrected chi connectivity index (χ4v) is 1.70. The zero-order chi connectivity index (χ0) is 9.56. The maximum absolute atomic E-state index is 5.65. The third-order valence-corrected chi connectivity index (χ3v) is 2.02. The molecule has 1 aromatic rings. The van der Waals surface area contributed by atoms with Gasteiger partial charge in [0.2, 0.25) is 0 Å². The van der Waals surface area contributed by atoms with Crippen LogP contribution in [-0.4, -0.2) is 0 Å². The molecule has 12 heavy (non-hydrogen) atoms. The average Bonchev–Trinajstić information content (AvgIpc) is 2.06. The van der Waals surface area contributed by atoms with E-state index in [1.165, 1.54) is 5.56 Å². The molecule has 0 radical (unpaired) electrons. The van der Waals surface area contributed by atoms with Crippen LogP contribution in [0, 0.1) is 6.92 Å². The lowest BCUT2D eigenvalue weighted by molar-refractivity contribution is 1.33. The van der Waals surface area contributed by atoms with Crippen LogP contribution in [0.25, 0.3) is 0 Å². The Labute approximate surface area is 88.1 Å². The fraction of sp³-hybridized carbons (Fsp3) is 0.400. The van der Waals surface area contributed by atoms with Crippen LogP contribution in [0.5, 0.6) is 0 Å². The fourth-order valence-electron chi connectivity index (χ4n) is 0.889. The van der Waals surface area contributed by atoms with Gasteiger partial charge in [-0.05, 0) is 30.2 Å². The molecule has 1 aromatic carbocycles. The van der Waals surface area contributed by atoms with E-state index in [0.717, 1.165) is 10.0 Å². The van der Waals surface area contributed by atoms with Crippen LogP contribution in [0.3, 0.4) is 0 Å². The first-order valence-corrected chi connectivity index (χ1v) is 5.37. The van der Waals surface area contributed by atoms with Crippen molar-refractivity contribution in [2.45, 2.75) is 26.7 Å². The number of hydrogen-bond donors (Lipinski definition) is 0. The highest BCUT2D eigenvalue weighted by Crippen LogP contribution is 2.16. The second-order valence-electron chi connectivity index (χ2n) is 2.27. The molecule has 0 amide bonds. The Hall–Kier alpha value is -0.0100. The van der Waals surface area contributed by atoms with E-state index in [0.29, 0.717) is 5.88 Å². The lowest BCUT2D eigenvalue weighted by Gasteiger charge is -1.98. The van der Waals surface area contributed by atoms with Crippen molar-refractivity contribution in [2.75, 3.05) is 0 Å². The summed E-state index contributed by atoms with van der Waals surface area (Å²) in [6, 6.07) is 6.17. The Bertz CT molecular complexity index is 213. The van der Waals surface area contributed by atoms with Gasteiger partial charge in [-0.1, -0.05) is 35.8 Å². The minimum Gasteiger partial charge on any atom is -0.122 e. The number of hydrogen-bond acceptors (Lipinski definition) is 0. The van der Waals surface area contributed by atoms with Crippen LogP contribution in [0.1, 0.15) is 25.0 Å². The summed E-state index contributed by atoms with van der Waals surface area (Å²) in [5.74, 6) is 0.584. The molecular formula is C10H14BrCl. The number of benzene rings is 1. The lowest BCUT2D eigenvalue weighted by Crippen LogP contribution is -1.79. The SMILES string of the molecule is CC.Cc1cc(Br)cc(CCl)c1. The Morgan fingerprint density at radius 2 is 1.83 bits per heavy atom. The molecule has 0 saturated carbocycles. The highest BCUT2D eigenvalue weighted by Gasteiger charge is 1.93. The molecule has 0 aromatic heterocycles. The summed E-state index contributed by atoms with van der Waals surface area (Å²) in [6.45, 7) is 6.06. The Kier molecular flexibility index (Phi) is 6.49. The van der Waals surface area contributed by atoms with Crippen molar-refractivity contribution >= 4 is 27.5 Å². The summed E-state index contributed by atoms with van der Waals surface area (Å²) >= 11 is 9.05. The Balaban J connectivity index is 0.000000561. The first-order valence-electron chi connectivity index (χ1n) is 4.04. The van der Waals surface area contributed by atoms with Gasteiger partial charge in [0.05, 0.1) is 0 Å². The summed E-state index contributed by atoms with van der Waals surface area (Å²) in [6.07, 6.45) is 0. The van der Waals surface area contributed by atoms with Gasteiger partial charge in [-0.3, -0.25) is 0 Å². The van der Waals surface area contributed by atoms with E-state index < -0.39 is 0 Å². The summed E-state index contributed by atoms with van der Waals surface area (Å²) < 4.78 is 1.10. The summed E-state index contributed by atoms with van der Waals surface area (Å²) in [5.41, 5.74) is 2.40. The van der Waals surface area contributed by atoms with Crippen molar-refractivity contribution in [1.82, 2.24) is 0 Å². The van der Waals surface area contributed by atoms with Gasteiger partial charge in [0, 0.05) is 10.4 Å². The maximum Gasteiger partial charge on any atom is 0.0474 e. The van der Waals surface area contributed by atoms with Gasteiger partial charge >= 0.3 is 0 Å². The molecule has 0 aliphatic heterocycles. The third kappa shape index (κ3) is 4.13. The zero-order valence-corrected chi connectivity index (χ0v) is 10.0. The number of halogens is 2. The van der Waals surface area contributed by atoms with E-state index in [1.54, 1.807) is 0 Å². The number of aryl methyl sites for hydroxylation is 1. The second kappa shape index (κ2) is 6.50. The van der Waals surface area contributed by atoms with Crippen molar-refractivity contribution < 1.29 is 0 Å². The van der Waals surface area contributed by atoms with Crippen LogP contribution < -0.4 is 0 Å². The van der Waals surface area contributed by atoms with Crippen LogP contribution in [0.2, 0.25) is 0 Å². The van der Waals surface area contributed by atoms with Gasteiger partial charge in [-0.15, -0.1) is 11.6 Å². The highest BCUT2D eigenvalue weighted by molar-refractivity contribution is 9.10. The van der Waals surface area contributed by atoms with Crippen molar-refractivity contribution in [1.29, 1.82) is 0 Å². The number of alkyl halides is 1. The van der Waals surface area contributed by atoms with Crippen molar-refractivity contribution in [3.63, 3.8) is 0 Å². The minimum atomic E-state index is 0.584. The van der Waals surface area contributed by atoms with Gasteiger partial charge < -0.3 is 0 Å². The smallest absolute Gasteiger partial charge is 0.0474 e. The topological polar surface area (TPSA) is 0 Å². The van der Waals surface area contributed by atoms with Crippen molar-refractivity contribution in [2.24, 2.45) is 0 Å². The molecule has 0 spiro atoms. The van der Waals surface area contributed by atoms with E-state index >= 15 is 0 Å². The third-order valence-electron chi connectivity index (χ3n) is 1.26. The van der Waals surface area contributed by atoms with Crippen LogP contribution >= 0.6 is 27.5 Å². The predicted molar refractivity (Wildman–Crippen MR) is 59.8 cm³/mol. The lowest BCUT2D eigenvalue weighted by atomic mass is 10.2. The standard InChI is InChI=1S/C8H8BrCl.C2H6/c1-6-2-7(5-10)4-8(9)3-6;1-2/h2-4H,5H2,1H3;1-2H3. The maximum atomic E-state index is 5.65. The molecule has 0 fully saturated rings. The molecule has 2 heteroatoms. The zero-order valence-electron chi connectivity index (χ0n) is 7.70. The van der Waals surface area contributed by atoms with Gasteiger partial charge in [-0.25, -0.2) is 0 Å². The number of rotatable bonds is 1. The molecule has 0 bridgehead atoms. The van der Waals surface area contributed by atoms with Gasteiger partial charge in [0.1, 0.15) is 0 Å². The van der Waals surface area contributed by atoms with Crippen LogP contribution in [0.4, 0.5) is 0 Å². The molecule has 1 rings (SSSR count). The molecule has 0 heterocycles. The van der Waals surface area contributed by atoms with Gasteiger partial charge in [0.25, 0.3) is 0 Å². The van der Waals surface area contributed by atoms with Crippen molar-refractivity contribution in [3.8, 4) is 0 Å². The van der Waals surface area contributed by atoms with E-state index in [-0.39, 0.29) is 0 Å². The minimum absolute atomic E-state index is 0.584. The second-order valence-corrected chi connectivity index (χ2v) is 3.45. The molecule has 0 N–H and O–H groups in total. The average molecular weight is 250 g/mol. The van der Waals surface area contributed by atoms with Crippen LogP contribution in [0.15, 0.2) is 22.7 Å². The molecule has 0 atom stereocenters. The van der Waals surface area contributed by atoms with Crippen LogP contribution in [-0.2, 0) is 5.88 Å². The predicted octanol–water partition coefficient (Wildman–Crippen LogP) is 4.52. The molecular weight excluding hydrogens is 235 g/mol. The van der Waals surface area contributed by atoms with Gasteiger partial charge in [0.15, 0.2) is 0 Å². The molecule has 0 aliphatic rings. The summed E-state index contributed by atoms with van der Waals surface area (Å²) in [4.78, 5) is 0. The first kappa shape index (κ1) is 12.0. The van der Waals surface area contributed by atoms with E-state index in [4.69, 9.17) is 11.6 Å². The van der Waals surface area contributed by atoms with Crippen molar-refractivity contribution in [3.05, 3.63) is 33.8 Å². The monoisotopic (exact) mass is 248 g/mol. The quantitative estimate of drug-likeness (QED) is 0.642. The Morgan fingerprint density at radius 1 is 1.25 bits per heavy atom.